The van der Waals surface area contributed by atoms with Gasteiger partial charge in [-0.2, -0.15) is 0 Å². The number of carbonyl (C=O) groups is 2. The van der Waals surface area contributed by atoms with Crippen LogP contribution in [-0.2, 0) is 14.3 Å². The molecule has 0 bridgehead atoms. The molecule has 4 aliphatic carbocycles. The summed E-state index contributed by atoms with van der Waals surface area (Å²) in [6, 6.07) is 0. The van der Waals surface area contributed by atoms with Crippen molar-refractivity contribution in [3.05, 3.63) is 23.8 Å². The predicted octanol–water partition coefficient (Wildman–Crippen LogP) is 4.23. The van der Waals surface area contributed by atoms with E-state index < -0.39 is 0 Å². The van der Waals surface area contributed by atoms with Gasteiger partial charge in [0.2, 0.25) is 0 Å². The third-order valence-corrected chi connectivity index (χ3v) is 7.65. The highest BCUT2D eigenvalue weighted by molar-refractivity contribution is 5.87. The third-order valence-electron chi connectivity index (χ3n) is 7.65. The number of fused-ring (bicyclic) bond motifs is 5. The van der Waals surface area contributed by atoms with Crippen molar-refractivity contribution in [1.29, 1.82) is 0 Å². The quantitative estimate of drug-likeness (QED) is 0.677. The fourth-order valence-corrected chi connectivity index (χ4v) is 6.21. The lowest BCUT2D eigenvalue weighted by Gasteiger charge is -2.55. The lowest BCUT2D eigenvalue weighted by atomic mass is 9.49. The zero-order chi connectivity index (χ0) is 17.1. The van der Waals surface area contributed by atoms with Crippen molar-refractivity contribution in [2.75, 3.05) is 0 Å². The maximum absolute atomic E-state index is 12.4. The molecule has 0 aromatic heterocycles. The largest absolute Gasteiger partial charge is 0.458 e. The van der Waals surface area contributed by atoms with Gasteiger partial charge in [0.15, 0.2) is 0 Å². The van der Waals surface area contributed by atoms with E-state index >= 15 is 0 Å². The summed E-state index contributed by atoms with van der Waals surface area (Å²) in [5.74, 6) is 1.96. The fourth-order valence-electron chi connectivity index (χ4n) is 6.21. The van der Waals surface area contributed by atoms with Crippen molar-refractivity contribution in [3.8, 4) is 0 Å². The molecular weight excluding hydrogens is 300 g/mol. The van der Waals surface area contributed by atoms with Crippen LogP contribution in [0.4, 0.5) is 0 Å². The van der Waals surface area contributed by atoms with Gasteiger partial charge in [-0.1, -0.05) is 26.0 Å². The fraction of sp³-hybridized carbons (Fsp3) is 0.714. The number of esters is 1. The van der Waals surface area contributed by atoms with Crippen LogP contribution in [0.25, 0.3) is 0 Å². The number of ketones is 1. The highest BCUT2D eigenvalue weighted by Crippen LogP contribution is 2.62. The zero-order valence-corrected chi connectivity index (χ0v) is 15.0. The van der Waals surface area contributed by atoms with Crippen molar-refractivity contribution >= 4 is 11.8 Å². The van der Waals surface area contributed by atoms with Crippen LogP contribution in [0.15, 0.2) is 23.8 Å². The van der Waals surface area contributed by atoms with E-state index in [4.69, 9.17) is 4.74 Å². The minimum Gasteiger partial charge on any atom is -0.458 e. The second kappa shape index (κ2) is 5.31. The number of Topliss-reactive ketones (excluding diaryl/α,β-unsaturated/α-hetero) is 1. The van der Waals surface area contributed by atoms with Gasteiger partial charge in [0.25, 0.3) is 0 Å². The Hall–Kier alpha value is -1.38. The standard InChI is InChI=1S/C21H28O3/c1-13(22)24-15-8-10-20(2)14(12-15)4-5-16-17-6-7-19(23)21(17,3)11-9-18(16)20/h4-5,12,15-18H,6-11H2,1-3H3. The molecular formula is C21H28O3. The molecule has 0 aromatic carbocycles. The second-order valence-electron chi connectivity index (χ2n) is 8.79. The first-order valence-electron chi connectivity index (χ1n) is 9.45. The molecule has 0 amide bonds. The van der Waals surface area contributed by atoms with Crippen LogP contribution in [0.1, 0.15) is 59.3 Å². The normalized spacial score (nSPS) is 46.6. The average molecular weight is 328 g/mol. The molecule has 0 aromatic rings. The Kier molecular flexibility index (Phi) is 3.56. The van der Waals surface area contributed by atoms with Crippen LogP contribution in [0, 0.1) is 28.6 Å². The summed E-state index contributed by atoms with van der Waals surface area (Å²) in [7, 11) is 0. The first kappa shape index (κ1) is 16.1. The van der Waals surface area contributed by atoms with Crippen molar-refractivity contribution in [3.63, 3.8) is 0 Å². The van der Waals surface area contributed by atoms with E-state index in [2.05, 4.69) is 32.1 Å². The van der Waals surface area contributed by atoms with Gasteiger partial charge in [-0.15, -0.1) is 0 Å². The number of ether oxygens (including phenoxy) is 1. The van der Waals surface area contributed by atoms with E-state index in [9.17, 15) is 9.59 Å². The number of rotatable bonds is 1. The Morgan fingerprint density at radius 2 is 1.83 bits per heavy atom. The second-order valence-corrected chi connectivity index (χ2v) is 8.79. The smallest absolute Gasteiger partial charge is 0.303 e. The molecule has 0 radical (unpaired) electrons. The molecule has 3 heteroatoms. The summed E-state index contributed by atoms with van der Waals surface area (Å²) < 4.78 is 5.43. The molecule has 130 valence electrons. The Bertz CT molecular complexity index is 645. The Balaban J connectivity index is 1.67. The molecule has 4 rings (SSSR count). The van der Waals surface area contributed by atoms with E-state index in [0.717, 1.165) is 38.5 Å². The van der Waals surface area contributed by atoms with Gasteiger partial charge < -0.3 is 4.74 Å². The summed E-state index contributed by atoms with van der Waals surface area (Å²) in [6.07, 6.45) is 12.7. The lowest BCUT2D eigenvalue weighted by molar-refractivity contribution is -0.145. The number of hydrogen-bond acceptors (Lipinski definition) is 3. The lowest BCUT2D eigenvalue weighted by Crippen LogP contribution is -2.49. The number of carbonyl (C=O) groups excluding carboxylic acids is 2. The zero-order valence-electron chi connectivity index (χ0n) is 15.0. The molecule has 0 N–H and O–H groups in total. The van der Waals surface area contributed by atoms with Crippen molar-refractivity contribution in [2.24, 2.45) is 28.6 Å². The van der Waals surface area contributed by atoms with Crippen LogP contribution < -0.4 is 0 Å². The van der Waals surface area contributed by atoms with Crippen LogP contribution in [0.2, 0.25) is 0 Å². The minimum absolute atomic E-state index is 0.0753. The summed E-state index contributed by atoms with van der Waals surface area (Å²) >= 11 is 0. The van der Waals surface area contributed by atoms with E-state index in [1.54, 1.807) is 0 Å². The molecule has 24 heavy (non-hydrogen) atoms. The van der Waals surface area contributed by atoms with Gasteiger partial charge in [-0.25, -0.2) is 0 Å². The predicted molar refractivity (Wildman–Crippen MR) is 92.2 cm³/mol. The highest BCUT2D eigenvalue weighted by atomic mass is 16.5. The molecule has 2 fully saturated rings. The van der Waals surface area contributed by atoms with Gasteiger partial charge in [-0.05, 0) is 66.9 Å². The molecule has 0 heterocycles. The summed E-state index contributed by atoms with van der Waals surface area (Å²) in [5.41, 5.74) is 1.43. The van der Waals surface area contributed by atoms with Gasteiger partial charge in [0.1, 0.15) is 11.9 Å². The molecule has 4 aliphatic rings. The first-order chi connectivity index (χ1) is 11.3. The van der Waals surface area contributed by atoms with Crippen LogP contribution in [0.5, 0.6) is 0 Å². The van der Waals surface area contributed by atoms with Crippen LogP contribution >= 0.6 is 0 Å². The Labute approximate surface area is 144 Å². The highest BCUT2D eigenvalue weighted by Gasteiger charge is 2.57. The van der Waals surface area contributed by atoms with Gasteiger partial charge in [-0.3, -0.25) is 9.59 Å². The molecule has 3 nitrogen and oxygen atoms in total. The molecule has 0 spiro atoms. The SMILES string of the molecule is CC(=O)OC1C=C2C=CC3C4CCC(=O)C4(C)CCC3C2(C)CC1. The summed E-state index contributed by atoms with van der Waals surface area (Å²) in [5, 5.41) is 0. The molecule has 0 aliphatic heterocycles. The van der Waals surface area contributed by atoms with Gasteiger partial charge in [0.05, 0.1) is 0 Å². The van der Waals surface area contributed by atoms with Crippen LogP contribution in [0.3, 0.4) is 0 Å². The molecule has 6 atom stereocenters. The van der Waals surface area contributed by atoms with E-state index in [1.807, 2.05) is 0 Å². The average Bonchev–Trinajstić information content (AvgIpc) is 2.83. The van der Waals surface area contributed by atoms with Crippen molar-refractivity contribution < 1.29 is 14.3 Å². The van der Waals surface area contributed by atoms with E-state index in [1.165, 1.54) is 12.5 Å². The maximum Gasteiger partial charge on any atom is 0.303 e. The topological polar surface area (TPSA) is 43.4 Å². The van der Waals surface area contributed by atoms with Crippen LogP contribution in [-0.4, -0.2) is 17.9 Å². The molecule has 2 saturated carbocycles. The van der Waals surface area contributed by atoms with Gasteiger partial charge in [0, 0.05) is 18.8 Å². The molecule has 0 saturated heterocycles. The summed E-state index contributed by atoms with van der Waals surface area (Å²) in [6.45, 7) is 6.09. The summed E-state index contributed by atoms with van der Waals surface area (Å²) in [4.78, 5) is 23.7. The van der Waals surface area contributed by atoms with E-state index in [0.29, 0.717) is 23.5 Å². The molecule has 6 unspecified atom stereocenters. The first-order valence-corrected chi connectivity index (χ1v) is 9.45. The van der Waals surface area contributed by atoms with Gasteiger partial charge >= 0.3 is 5.97 Å². The number of allylic oxidation sites excluding steroid dienone is 3. The monoisotopic (exact) mass is 328 g/mol. The van der Waals surface area contributed by atoms with Crippen molar-refractivity contribution in [2.45, 2.75) is 65.4 Å². The maximum atomic E-state index is 12.4. The van der Waals surface area contributed by atoms with Crippen molar-refractivity contribution in [1.82, 2.24) is 0 Å². The minimum atomic E-state index is -0.198. The third kappa shape index (κ3) is 2.16. The number of hydrogen-bond donors (Lipinski definition) is 0. The Morgan fingerprint density at radius 1 is 1.12 bits per heavy atom. The Morgan fingerprint density at radius 3 is 2.58 bits per heavy atom. The van der Waals surface area contributed by atoms with E-state index in [-0.39, 0.29) is 22.9 Å².